The van der Waals surface area contributed by atoms with Crippen LogP contribution in [0.25, 0.3) is 0 Å². The fourth-order valence-corrected chi connectivity index (χ4v) is 2.72. The molecule has 0 aliphatic carbocycles. The molecular formula is C21H29N3O4. The molecule has 7 nitrogen and oxygen atoms in total. The Balaban J connectivity index is 2.11. The highest BCUT2D eigenvalue weighted by molar-refractivity contribution is 5.79. The van der Waals surface area contributed by atoms with Crippen LogP contribution in [0.3, 0.4) is 0 Å². The van der Waals surface area contributed by atoms with E-state index in [1.54, 1.807) is 28.4 Å². The lowest BCUT2D eigenvalue weighted by Crippen LogP contribution is -2.36. The summed E-state index contributed by atoms with van der Waals surface area (Å²) in [7, 11) is 6.47. The van der Waals surface area contributed by atoms with Gasteiger partial charge in [-0.1, -0.05) is 12.1 Å². The first-order valence-corrected chi connectivity index (χ1v) is 9.09. The molecule has 0 atom stereocenters. The van der Waals surface area contributed by atoms with Gasteiger partial charge in [0.05, 0.1) is 35.0 Å². The van der Waals surface area contributed by atoms with E-state index in [1.165, 1.54) is 0 Å². The van der Waals surface area contributed by atoms with E-state index in [4.69, 9.17) is 18.9 Å². The van der Waals surface area contributed by atoms with Gasteiger partial charge in [-0.25, -0.2) is 4.99 Å². The summed E-state index contributed by atoms with van der Waals surface area (Å²) in [6.45, 7) is 3.87. The Morgan fingerprint density at radius 1 is 0.821 bits per heavy atom. The SMILES string of the molecule is CCNC(=NCc1ccc(OC)cc1)NCc1ccc(OC)c(OC)c1OC. The molecule has 0 amide bonds. The Morgan fingerprint density at radius 3 is 2.11 bits per heavy atom. The third kappa shape index (κ3) is 5.45. The van der Waals surface area contributed by atoms with Gasteiger partial charge in [-0.3, -0.25) is 0 Å². The number of rotatable bonds is 9. The van der Waals surface area contributed by atoms with Gasteiger partial charge in [-0.2, -0.15) is 0 Å². The molecule has 0 bridgehead atoms. The van der Waals surface area contributed by atoms with Crippen molar-refractivity contribution in [1.29, 1.82) is 0 Å². The summed E-state index contributed by atoms with van der Waals surface area (Å²) < 4.78 is 21.5. The smallest absolute Gasteiger partial charge is 0.203 e. The van der Waals surface area contributed by atoms with Gasteiger partial charge >= 0.3 is 0 Å². The van der Waals surface area contributed by atoms with E-state index >= 15 is 0 Å². The standard InChI is InChI=1S/C21H29N3O4/c1-6-22-21(23-13-15-7-10-17(25-2)11-8-15)24-14-16-9-12-18(26-3)20(28-5)19(16)27-4/h7-12H,6,13-14H2,1-5H3,(H2,22,23,24). The summed E-state index contributed by atoms with van der Waals surface area (Å²) in [6.07, 6.45) is 0. The predicted molar refractivity (Wildman–Crippen MR) is 111 cm³/mol. The van der Waals surface area contributed by atoms with Crippen molar-refractivity contribution in [3.63, 3.8) is 0 Å². The molecule has 28 heavy (non-hydrogen) atoms. The molecule has 2 aromatic carbocycles. The highest BCUT2D eigenvalue weighted by Gasteiger charge is 2.15. The Kier molecular flexibility index (Phi) is 8.27. The Labute approximate surface area is 166 Å². The molecule has 2 N–H and O–H groups in total. The molecule has 2 rings (SSSR count). The summed E-state index contributed by atoms with van der Waals surface area (Å²) in [4.78, 5) is 4.64. The van der Waals surface area contributed by atoms with Gasteiger partial charge in [0.15, 0.2) is 17.5 Å². The van der Waals surface area contributed by atoms with Crippen LogP contribution in [-0.2, 0) is 13.1 Å². The molecule has 0 spiro atoms. The van der Waals surface area contributed by atoms with Crippen LogP contribution >= 0.6 is 0 Å². The average Bonchev–Trinajstić information content (AvgIpc) is 2.75. The summed E-state index contributed by atoms with van der Waals surface area (Å²) in [5, 5.41) is 6.58. The zero-order valence-corrected chi connectivity index (χ0v) is 17.2. The molecule has 152 valence electrons. The number of hydrogen-bond acceptors (Lipinski definition) is 5. The molecule has 0 fully saturated rings. The van der Waals surface area contributed by atoms with Crippen LogP contribution in [0.5, 0.6) is 23.0 Å². The molecule has 7 heteroatoms. The molecule has 0 heterocycles. The number of nitrogens with zero attached hydrogens (tertiary/aromatic N) is 1. The van der Waals surface area contributed by atoms with Crippen molar-refractivity contribution in [2.24, 2.45) is 4.99 Å². The predicted octanol–water partition coefficient (Wildman–Crippen LogP) is 2.98. The van der Waals surface area contributed by atoms with E-state index in [2.05, 4.69) is 15.6 Å². The van der Waals surface area contributed by atoms with Gasteiger partial charge in [-0.05, 0) is 36.8 Å². The molecule has 0 aliphatic rings. The van der Waals surface area contributed by atoms with E-state index < -0.39 is 0 Å². The van der Waals surface area contributed by atoms with Crippen molar-refractivity contribution >= 4 is 5.96 Å². The van der Waals surface area contributed by atoms with Gasteiger partial charge in [0.25, 0.3) is 0 Å². The summed E-state index contributed by atoms with van der Waals surface area (Å²) in [5.74, 6) is 3.39. The molecule has 0 saturated carbocycles. The minimum absolute atomic E-state index is 0.526. The molecule has 0 radical (unpaired) electrons. The zero-order valence-electron chi connectivity index (χ0n) is 17.2. The van der Waals surface area contributed by atoms with Crippen molar-refractivity contribution in [2.75, 3.05) is 35.0 Å². The fourth-order valence-electron chi connectivity index (χ4n) is 2.72. The van der Waals surface area contributed by atoms with Crippen LogP contribution in [0.1, 0.15) is 18.1 Å². The summed E-state index contributed by atoms with van der Waals surface area (Å²) in [5.41, 5.74) is 2.04. The highest BCUT2D eigenvalue weighted by Crippen LogP contribution is 2.39. The lowest BCUT2D eigenvalue weighted by Gasteiger charge is -2.17. The Hall–Kier alpha value is -3.09. The molecule has 0 aromatic heterocycles. The first kappa shape index (κ1) is 21.2. The molecule has 0 aliphatic heterocycles. The maximum Gasteiger partial charge on any atom is 0.203 e. The second kappa shape index (κ2) is 10.9. The highest BCUT2D eigenvalue weighted by atomic mass is 16.5. The van der Waals surface area contributed by atoms with Gasteiger partial charge in [-0.15, -0.1) is 0 Å². The third-order valence-electron chi connectivity index (χ3n) is 4.16. The normalized spacial score (nSPS) is 11.0. The summed E-state index contributed by atoms with van der Waals surface area (Å²) >= 11 is 0. The van der Waals surface area contributed by atoms with Gasteiger partial charge in [0.2, 0.25) is 5.75 Å². The topological polar surface area (TPSA) is 73.3 Å². The maximum atomic E-state index is 5.54. The van der Waals surface area contributed by atoms with Gasteiger partial charge in [0.1, 0.15) is 5.75 Å². The average molecular weight is 387 g/mol. The number of nitrogens with one attached hydrogen (secondary N) is 2. The van der Waals surface area contributed by atoms with E-state index in [0.29, 0.717) is 30.3 Å². The molecule has 0 saturated heterocycles. The lowest BCUT2D eigenvalue weighted by molar-refractivity contribution is 0.322. The molecule has 2 aromatic rings. The maximum absolute atomic E-state index is 5.54. The van der Waals surface area contributed by atoms with Crippen molar-refractivity contribution in [1.82, 2.24) is 10.6 Å². The van der Waals surface area contributed by atoms with E-state index in [1.807, 2.05) is 43.3 Å². The van der Waals surface area contributed by atoms with E-state index in [-0.39, 0.29) is 0 Å². The summed E-state index contributed by atoms with van der Waals surface area (Å²) in [6, 6.07) is 11.7. The first-order chi connectivity index (χ1) is 13.7. The Bertz CT molecular complexity index is 776. The van der Waals surface area contributed by atoms with Gasteiger partial charge < -0.3 is 29.6 Å². The van der Waals surface area contributed by atoms with Gasteiger partial charge in [0, 0.05) is 18.7 Å². The fraction of sp³-hybridized carbons (Fsp3) is 0.381. The van der Waals surface area contributed by atoms with Crippen LogP contribution < -0.4 is 29.6 Å². The number of methoxy groups -OCH3 is 4. The van der Waals surface area contributed by atoms with Crippen LogP contribution in [0.4, 0.5) is 0 Å². The van der Waals surface area contributed by atoms with Crippen molar-refractivity contribution in [2.45, 2.75) is 20.0 Å². The number of aliphatic imine (C=N–C) groups is 1. The van der Waals surface area contributed by atoms with Crippen molar-refractivity contribution in [3.8, 4) is 23.0 Å². The minimum Gasteiger partial charge on any atom is -0.497 e. The quantitative estimate of drug-likeness (QED) is 0.509. The Morgan fingerprint density at radius 2 is 1.54 bits per heavy atom. The molecule has 0 unspecified atom stereocenters. The number of hydrogen-bond donors (Lipinski definition) is 2. The van der Waals surface area contributed by atoms with Crippen LogP contribution in [0.15, 0.2) is 41.4 Å². The molecular weight excluding hydrogens is 358 g/mol. The monoisotopic (exact) mass is 387 g/mol. The zero-order chi connectivity index (χ0) is 20.4. The lowest BCUT2D eigenvalue weighted by atomic mass is 10.1. The second-order valence-electron chi connectivity index (χ2n) is 5.89. The van der Waals surface area contributed by atoms with Crippen LogP contribution in [-0.4, -0.2) is 40.9 Å². The van der Waals surface area contributed by atoms with E-state index in [9.17, 15) is 0 Å². The third-order valence-corrected chi connectivity index (χ3v) is 4.16. The second-order valence-corrected chi connectivity index (χ2v) is 5.89. The number of guanidine groups is 1. The number of benzene rings is 2. The van der Waals surface area contributed by atoms with Crippen molar-refractivity contribution < 1.29 is 18.9 Å². The van der Waals surface area contributed by atoms with Crippen LogP contribution in [0, 0.1) is 0 Å². The number of ether oxygens (including phenoxy) is 4. The van der Waals surface area contributed by atoms with Crippen molar-refractivity contribution in [3.05, 3.63) is 47.5 Å². The first-order valence-electron chi connectivity index (χ1n) is 9.09. The largest absolute Gasteiger partial charge is 0.497 e. The minimum atomic E-state index is 0.526. The van der Waals surface area contributed by atoms with E-state index in [0.717, 1.165) is 29.4 Å². The van der Waals surface area contributed by atoms with Crippen LogP contribution in [0.2, 0.25) is 0 Å².